The highest BCUT2D eigenvalue weighted by Crippen LogP contribution is 2.22. The number of hydrogen-bond donors (Lipinski definition) is 0. The first kappa shape index (κ1) is 17.7. The summed E-state index contributed by atoms with van der Waals surface area (Å²) in [6, 6.07) is 0. The summed E-state index contributed by atoms with van der Waals surface area (Å²) >= 11 is 0. The van der Waals surface area contributed by atoms with Crippen LogP contribution in [0.3, 0.4) is 0 Å². The van der Waals surface area contributed by atoms with Crippen molar-refractivity contribution in [1.29, 1.82) is 0 Å². The Hall–Kier alpha value is -0.340. The lowest BCUT2D eigenvalue weighted by atomic mass is 10.2. The largest absolute Gasteiger partial charge is 0.460 e. The molecule has 0 aliphatic rings. The maximum atomic E-state index is 11.7. The van der Waals surface area contributed by atoms with Crippen LogP contribution in [-0.2, 0) is 18.8 Å². The lowest BCUT2D eigenvalue weighted by Gasteiger charge is -2.20. The van der Waals surface area contributed by atoms with Crippen molar-refractivity contribution < 1.29 is 18.8 Å². The summed E-state index contributed by atoms with van der Waals surface area (Å²) in [5, 5.41) is 0. The molecule has 0 spiro atoms. The molecule has 0 amide bonds. The smallest absolute Gasteiger partial charge is 0.306 e. The average Bonchev–Trinajstić information content (AvgIpc) is 2.09. The van der Waals surface area contributed by atoms with Crippen LogP contribution in [0.4, 0.5) is 0 Å². The number of carbonyl (C=O) groups excluding carboxylic acids is 1. The minimum absolute atomic E-state index is 0.201. The molecule has 0 heterocycles. The van der Waals surface area contributed by atoms with Crippen molar-refractivity contribution in [2.75, 3.05) is 18.9 Å². The summed E-state index contributed by atoms with van der Waals surface area (Å²) in [7, 11) is -1.74. The topological polar surface area (TPSA) is 52.6 Å². The molecule has 0 aromatic heterocycles. The fourth-order valence-electron chi connectivity index (χ4n) is 1.23. The molecule has 18 heavy (non-hydrogen) atoms. The molecule has 4 nitrogen and oxygen atoms in total. The molecule has 0 radical (unpaired) electrons. The second kappa shape index (κ2) is 7.30. The van der Waals surface area contributed by atoms with Crippen LogP contribution in [0.15, 0.2) is 0 Å². The van der Waals surface area contributed by atoms with Gasteiger partial charge in [0, 0.05) is 12.3 Å². The monoisotopic (exact) mass is 278 g/mol. The van der Waals surface area contributed by atoms with Gasteiger partial charge in [0.25, 0.3) is 0 Å². The van der Waals surface area contributed by atoms with Crippen molar-refractivity contribution in [3.8, 4) is 0 Å². The van der Waals surface area contributed by atoms with Crippen molar-refractivity contribution in [2.24, 2.45) is 0 Å². The van der Waals surface area contributed by atoms with Gasteiger partial charge in [-0.2, -0.15) is 0 Å². The van der Waals surface area contributed by atoms with Crippen molar-refractivity contribution in [2.45, 2.75) is 59.2 Å². The van der Waals surface area contributed by atoms with Gasteiger partial charge in [-0.3, -0.25) is 4.79 Å². The number of ether oxygens (including phenoxy) is 2. The molecule has 1 unspecified atom stereocenters. The van der Waals surface area contributed by atoms with Crippen molar-refractivity contribution >= 4 is 13.8 Å². The SMILES string of the molecule is CC(C)(C)OCC[PH](=O)CCC(=O)OC(C)(C)C. The molecule has 0 fully saturated rings. The molecule has 0 saturated heterocycles. The zero-order valence-electron chi connectivity index (χ0n) is 12.5. The fourth-order valence-corrected chi connectivity index (χ4v) is 2.29. The number of rotatable bonds is 6. The fraction of sp³-hybridized carbons (Fsp3) is 0.923. The van der Waals surface area contributed by atoms with Crippen molar-refractivity contribution in [1.82, 2.24) is 0 Å². The van der Waals surface area contributed by atoms with Crippen LogP contribution < -0.4 is 0 Å². The maximum Gasteiger partial charge on any atom is 0.306 e. The second-order valence-electron chi connectivity index (χ2n) is 6.34. The number of hydrogen-bond acceptors (Lipinski definition) is 4. The van der Waals surface area contributed by atoms with Gasteiger partial charge in [0.2, 0.25) is 0 Å². The molecule has 0 aromatic carbocycles. The Morgan fingerprint density at radius 1 is 1.00 bits per heavy atom. The van der Waals surface area contributed by atoms with E-state index in [0.717, 1.165) is 0 Å². The number of esters is 1. The minimum atomic E-state index is -1.74. The lowest BCUT2D eigenvalue weighted by molar-refractivity contribution is -0.154. The molecule has 0 saturated carbocycles. The Labute approximate surface area is 111 Å². The van der Waals surface area contributed by atoms with Crippen molar-refractivity contribution in [3.63, 3.8) is 0 Å². The van der Waals surface area contributed by atoms with Crippen LogP contribution in [0.5, 0.6) is 0 Å². The Bertz CT molecular complexity index is 286. The van der Waals surface area contributed by atoms with Gasteiger partial charge in [-0.15, -0.1) is 0 Å². The second-order valence-corrected chi connectivity index (χ2v) is 8.41. The predicted octanol–water partition coefficient (Wildman–Crippen LogP) is 3.09. The zero-order chi connectivity index (χ0) is 14.4. The van der Waals surface area contributed by atoms with E-state index in [0.29, 0.717) is 18.9 Å². The quantitative estimate of drug-likeness (QED) is 0.553. The Morgan fingerprint density at radius 2 is 1.56 bits per heavy atom. The van der Waals surface area contributed by atoms with Gasteiger partial charge in [0.15, 0.2) is 0 Å². The first-order chi connectivity index (χ1) is 7.99. The van der Waals surface area contributed by atoms with Crippen LogP contribution >= 0.6 is 7.80 Å². The van der Waals surface area contributed by atoms with E-state index < -0.39 is 13.4 Å². The summed E-state index contributed by atoms with van der Waals surface area (Å²) in [5.74, 6) is -0.280. The zero-order valence-corrected chi connectivity index (χ0v) is 13.5. The Morgan fingerprint density at radius 3 is 2.00 bits per heavy atom. The van der Waals surface area contributed by atoms with E-state index >= 15 is 0 Å². The third kappa shape index (κ3) is 12.1. The minimum Gasteiger partial charge on any atom is -0.460 e. The molecule has 0 aliphatic carbocycles. The summed E-state index contributed by atoms with van der Waals surface area (Å²) in [6.45, 7) is 11.8. The molecule has 5 heteroatoms. The lowest BCUT2D eigenvalue weighted by Crippen LogP contribution is -2.24. The predicted molar refractivity (Wildman–Crippen MR) is 74.9 cm³/mol. The summed E-state index contributed by atoms with van der Waals surface area (Å²) < 4.78 is 22.3. The van der Waals surface area contributed by atoms with Gasteiger partial charge in [-0.1, -0.05) is 0 Å². The van der Waals surface area contributed by atoms with Gasteiger partial charge in [-0.05, 0) is 41.5 Å². The summed E-state index contributed by atoms with van der Waals surface area (Å²) in [6.07, 6.45) is 1.17. The Balaban J connectivity index is 3.75. The van der Waals surface area contributed by atoms with E-state index in [-0.39, 0.29) is 18.0 Å². The van der Waals surface area contributed by atoms with Gasteiger partial charge in [0.1, 0.15) is 5.60 Å². The third-order valence-corrected chi connectivity index (χ3v) is 3.51. The van der Waals surface area contributed by atoms with E-state index in [2.05, 4.69) is 0 Å². The molecule has 0 aromatic rings. The highest BCUT2D eigenvalue weighted by molar-refractivity contribution is 7.44. The van der Waals surface area contributed by atoms with E-state index in [1.54, 1.807) is 0 Å². The first-order valence-electron chi connectivity index (χ1n) is 6.37. The van der Waals surface area contributed by atoms with Crippen LogP contribution in [0.2, 0.25) is 0 Å². The van der Waals surface area contributed by atoms with Gasteiger partial charge < -0.3 is 14.0 Å². The molecule has 0 aliphatic heterocycles. The van der Waals surface area contributed by atoms with Gasteiger partial charge in [-0.25, -0.2) is 0 Å². The van der Waals surface area contributed by atoms with E-state index in [9.17, 15) is 9.36 Å². The molecule has 0 N–H and O–H groups in total. The normalized spacial score (nSPS) is 14.3. The van der Waals surface area contributed by atoms with E-state index in [1.807, 2.05) is 41.5 Å². The van der Waals surface area contributed by atoms with Crippen LogP contribution in [0.25, 0.3) is 0 Å². The number of carbonyl (C=O) groups is 1. The molecule has 0 bridgehead atoms. The Kier molecular flexibility index (Phi) is 7.16. The highest BCUT2D eigenvalue weighted by Gasteiger charge is 2.17. The van der Waals surface area contributed by atoms with Crippen molar-refractivity contribution in [3.05, 3.63) is 0 Å². The van der Waals surface area contributed by atoms with Crippen LogP contribution in [0.1, 0.15) is 48.0 Å². The molecule has 1 atom stereocenters. The van der Waals surface area contributed by atoms with Gasteiger partial charge in [0.05, 0.1) is 26.4 Å². The molecular formula is C13H27O4P. The highest BCUT2D eigenvalue weighted by atomic mass is 31.1. The third-order valence-electron chi connectivity index (χ3n) is 1.94. The summed E-state index contributed by atoms with van der Waals surface area (Å²) in [5.41, 5.74) is -0.671. The molecule has 108 valence electrons. The standard InChI is InChI=1S/C13H27O4P/c1-12(2,3)16-8-10-18(15)9-7-11(14)17-13(4,5)6/h18H,7-10H2,1-6H3. The van der Waals surface area contributed by atoms with E-state index in [4.69, 9.17) is 9.47 Å². The average molecular weight is 278 g/mol. The molecule has 0 rings (SSSR count). The maximum absolute atomic E-state index is 11.7. The molecular weight excluding hydrogens is 251 g/mol. The van der Waals surface area contributed by atoms with Crippen LogP contribution in [-0.4, -0.2) is 36.1 Å². The van der Waals surface area contributed by atoms with Crippen LogP contribution in [0, 0.1) is 0 Å². The van der Waals surface area contributed by atoms with Gasteiger partial charge >= 0.3 is 5.97 Å². The van der Waals surface area contributed by atoms with E-state index in [1.165, 1.54) is 0 Å². The summed E-state index contributed by atoms with van der Waals surface area (Å²) in [4.78, 5) is 11.4. The first-order valence-corrected chi connectivity index (χ1v) is 8.19.